The van der Waals surface area contributed by atoms with Crippen LogP contribution in [0.15, 0.2) is 24.3 Å². The van der Waals surface area contributed by atoms with Crippen molar-refractivity contribution in [3.8, 4) is 11.2 Å². The highest BCUT2D eigenvalue weighted by Crippen LogP contribution is 2.25. The van der Waals surface area contributed by atoms with Crippen LogP contribution in [0.25, 0.3) is 0 Å². The van der Waals surface area contributed by atoms with E-state index in [1.54, 1.807) is 0 Å². The molecule has 0 heterocycles. The summed E-state index contributed by atoms with van der Waals surface area (Å²) < 4.78 is 5.72. The Kier molecular flexibility index (Phi) is 5.81. The van der Waals surface area contributed by atoms with Crippen LogP contribution in [0.4, 0.5) is 0 Å². The van der Waals surface area contributed by atoms with Crippen LogP contribution in [0, 0.1) is 10.7 Å². The molecular weight excluding hydrogens is 218 g/mol. The van der Waals surface area contributed by atoms with E-state index >= 15 is 0 Å². The first-order valence-corrected chi connectivity index (χ1v) is 6.47. The molecule has 16 heavy (non-hydrogen) atoms. The zero-order chi connectivity index (χ0) is 11.8. The SMILES string of the molecule is CC(C)c1ccccc1OCCCSC#N. The summed E-state index contributed by atoms with van der Waals surface area (Å²) in [4.78, 5) is 0. The number of para-hydroxylation sites is 1. The Morgan fingerprint density at radius 3 is 2.81 bits per heavy atom. The summed E-state index contributed by atoms with van der Waals surface area (Å²) in [5, 5.41) is 10.4. The molecule has 0 saturated heterocycles. The first-order chi connectivity index (χ1) is 7.75. The number of rotatable bonds is 6. The second kappa shape index (κ2) is 7.19. The summed E-state index contributed by atoms with van der Waals surface area (Å²) in [6, 6.07) is 8.13. The fourth-order valence-corrected chi connectivity index (χ4v) is 1.80. The minimum Gasteiger partial charge on any atom is -0.493 e. The molecule has 0 aliphatic rings. The second-order valence-corrected chi connectivity index (χ2v) is 4.71. The lowest BCUT2D eigenvalue weighted by Gasteiger charge is -2.13. The van der Waals surface area contributed by atoms with Gasteiger partial charge in [-0.05, 0) is 35.7 Å². The summed E-state index contributed by atoms with van der Waals surface area (Å²) in [5.74, 6) is 2.28. The standard InChI is InChI=1S/C13H17NOS/c1-11(2)12-6-3-4-7-13(12)15-8-5-9-16-10-14/h3-4,6-7,11H,5,8-9H2,1-2H3. The molecule has 2 nitrogen and oxygen atoms in total. The minimum absolute atomic E-state index is 0.477. The Hall–Kier alpha value is -1.14. The van der Waals surface area contributed by atoms with Gasteiger partial charge in [-0.15, -0.1) is 0 Å². The predicted molar refractivity (Wildman–Crippen MR) is 68.7 cm³/mol. The van der Waals surface area contributed by atoms with Crippen LogP contribution < -0.4 is 4.74 Å². The molecule has 0 atom stereocenters. The third-order valence-electron chi connectivity index (χ3n) is 2.25. The van der Waals surface area contributed by atoms with Crippen LogP contribution >= 0.6 is 11.8 Å². The topological polar surface area (TPSA) is 33.0 Å². The van der Waals surface area contributed by atoms with Gasteiger partial charge in [-0.3, -0.25) is 0 Å². The number of thiocyanates is 1. The molecule has 0 saturated carbocycles. The number of nitrogens with zero attached hydrogens (tertiary/aromatic N) is 1. The van der Waals surface area contributed by atoms with Gasteiger partial charge < -0.3 is 4.74 Å². The van der Waals surface area contributed by atoms with Gasteiger partial charge >= 0.3 is 0 Å². The van der Waals surface area contributed by atoms with Crippen molar-refractivity contribution in [2.24, 2.45) is 0 Å². The Bertz CT molecular complexity index is 357. The molecule has 0 aliphatic heterocycles. The lowest BCUT2D eigenvalue weighted by molar-refractivity contribution is 0.314. The molecule has 0 spiro atoms. The Morgan fingerprint density at radius 1 is 1.38 bits per heavy atom. The highest BCUT2D eigenvalue weighted by Gasteiger charge is 2.06. The number of nitriles is 1. The minimum atomic E-state index is 0.477. The molecule has 0 aliphatic carbocycles. The second-order valence-electron chi connectivity index (χ2n) is 3.83. The summed E-state index contributed by atoms with van der Waals surface area (Å²) in [5.41, 5.74) is 1.25. The number of thioether (sulfide) groups is 1. The maximum atomic E-state index is 8.37. The smallest absolute Gasteiger partial charge is 0.133 e. The third kappa shape index (κ3) is 4.16. The van der Waals surface area contributed by atoms with Crippen LogP contribution in [0.3, 0.4) is 0 Å². The van der Waals surface area contributed by atoms with E-state index in [1.165, 1.54) is 17.3 Å². The van der Waals surface area contributed by atoms with E-state index in [-0.39, 0.29) is 0 Å². The van der Waals surface area contributed by atoms with Crippen molar-refractivity contribution < 1.29 is 4.74 Å². The van der Waals surface area contributed by atoms with E-state index < -0.39 is 0 Å². The molecule has 1 aromatic carbocycles. The van der Waals surface area contributed by atoms with Crippen molar-refractivity contribution in [1.82, 2.24) is 0 Å². The summed E-state index contributed by atoms with van der Waals surface area (Å²) in [6.45, 7) is 5.00. The number of hydrogen-bond acceptors (Lipinski definition) is 3. The molecule has 0 bridgehead atoms. The molecule has 0 radical (unpaired) electrons. The molecule has 0 fully saturated rings. The van der Waals surface area contributed by atoms with Crippen molar-refractivity contribution in [1.29, 1.82) is 5.26 Å². The van der Waals surface area contributed by atoms with E-state index in [2.05, 4.69) is 25.3 Å². The van der Waals surface area contributed by atoms with Crippen LogP contribution in [0.2, 0.25) is 0 Å². The number of hydrogen-bond donors (Lipinski definition) is 0. The Balaban J connectivity index is 2.44. The molecule has 0 amide bonds. The average molecular weight is 235 g/mol. The Morgan fingerprint density at radius 2 is 2.12 bits per heavy atom. The monoisotopic (exact) mass is 235 g/mol. The number of benzene rings is 1. The first kappa shape index (κ1) is 12.9. The largest absolute Gasteiger partial charge is 0.493 e. The highest BCUT2D eigenvalue weighted by molar-refractivity contribution is 8.03. The quantitative estimate of drug-likeness (QED) is 0.555. The molecule has 0 N–H and O–H groups in total. The van der Waals surface area contributed by atoms with E-state index in [9.17, 15) is 0 Å². The zero-order valence-electron chi connectivity index (χ0n) is 9.77. The van der Waals surface area contributed by atoms with E-state index in [0.29, 0.717) is 12.5 Å². The van der Waals surface area contributed by atoms with Crippen molar-refractivity contribution in [3.05, 3.63) is 29.8 Å². The highest BCUT2D eigenvalue weighted by atomic mass is 32.2. The van der Waals surface area contributed by atoms with Gasteiger partial charge in [-0.1, -0.05) is 32.0 Å². The average Bonchev–Trinajstić information content (AvgIpc) is 2.29. The van der Waals surface area contributed by atoms with Gasteiger partial charge in [0.15, 0.2) is 0 Å². The Labute approximate surface area is 102 Å². The molecule has 0 unspecified atom stereocenters. The molecule has 3 heteroatoms. The predicted octanol–water partition coefficient (Wildman–Crippen LogP) is 3.79. The van der Waals surface area contributed by atoms with Gasteiger partial charge in [0.05, 0.1) is 6.61 Å². The first-order valence-electron chi connectivity index (χ1n) is 5.48. The van der Waals surface area contributed by atoms with Gasteiger partial charge in [-0.2, -0.15) is 5.26 Å². The van der Waals surface area contributed by atoms with E-state index in [1.807, 2.05) is 18.2 Å². The van der Waals surface area contributed by atoms with Crippen molar-refractivity contribution >= 4 is 11.8 Å². The van der Waals surface area contributed by atoms with Gasteiger partial charge in [0.25, 0.3) is 0 Å². The summed E-state index contributed by atoms with van der Waals surface area (Å²) in [7, 11) is 0. The maximum absolute atomic E-state index is 8.37. The fraction of sp³-hybridized carbons (Fsp3) is 0.462. The molecular formula is C13H17NOS. The van der Waals surface area contributed by atoms with E-state index in [4.69, 9.17) is 10.00 Å². The van der Waals surface area contributed by atoms with Crippen molar-refractivity contribution in [2.45, 2.75) is 26.2 Å². The third-order valence-corrected chi connectivity index (χ3v) is 2.88. The van der Waals surface area contributed by atoms with Crippen molar-refractivity contribution in [3.63, 3.8) is 0 Å². The molecule has 1 rings (SSSR count). The normalized spacial score (nSPS) is 10.1. The van der Waals surface area contributed by atoms with Crippen LogP contribution in [0.5, 0.6) is 5.75 Å². The van der Waals surface area contributed by atoms with Crippen molar-refractivity contribution in [2.75, 3.05) is 12.4 Å². The van der Waals surface area contributed by atoms with Crippen LogP contribution in [-0.2, 0) is 0 Å². The molecule has 1 aromatic rings. The summed E-state index contributed by atoms with van der Waals surface area (Å²) >= 11 is 1.28. The lowest BCUT2D eigenvalue weighted by Crippen LogP contribution is -2.01. The molecule has 86 valence electrons. The maximum Gasteiger partial charge on any atom is 0.133 e. The van der Waals surface area contributed by atoms with Gasteiger partial charge in [-0.25, -0.2) is 0 Å². The van der Waals surface area contributed by atoms with E-state index in [0.717, 1.165) is 17.9 Å². The fourth-order valence-electron chi connectivity index (χ4n) is 1.45. The zero-order valence-corrected chi connectivity index (χ0v) is 10.6. The molecule has 0 aromatic heterocycles. The summed E-state index contributed by atoms with van der Waals surface area (Å²) in [6.07, 6.45) is 0.907. The van der Waals surface area contributed by atoms with Gasteiger partial charge in [0.1, 0.15) is 11.2 Å². The van der Waals surface area contributed by atoms with Crippen LogP contribution in [-0.4, -0.2) is 12.4 Å². The number of ether oxygens (including phenoxy) is 1. The lowest BCUT2D eigenvalue weighted by atomic mass is 10.0. The van der Waals surface area contributed by atoms with Gasteiger partial charge in [0, 0.05) is 5.75 Å². The van der Waals surface area contributed by atoms with Gasteiger partial charge in [0.2, 0.25) is 0 Å². The van der Waals surface area contributed by atoms with Crippen LogP contribution in [0.1, 0.15) is 31.7 Å².